The van der Waals surface area contributed by atoms with Gasteiger partial charge in [0.2, 0.25) is 0 Å². The molecule has 1 amide bonds. The second-order valence-electron chi connectivity index (χ2n) is 9.36. The van der Waals surface area contributed by atoms with E-state index in [4.69, 9.17) is 20.2 Å². The molecule has 0 saturated heterocycles. The molecule has 9 nitrogen and oxygen atoms in total. The Kier molecular flexibility index (Phi) is 7.06. The molecule has 2 aromatic heterocycles. The second kappa shape index (κ2) is 10.2. The standard InChI is InChI=1S/C28H29N5O4/c1-6-37-27(35)26(34)32-24(29)18-8-7-9-19(12-18)25-31-22-14-17(20-13-21(36-5)16-30-15-20)10-11-23(22)33(25)28(2,3)4/h7-16H,6H2,1-5H3,(H2,29,32,34). The molecule has 2 heterocycles. The van der Waals surface area contributed by atoms with Crippen LogP contribution in [0, 0.1) is 0 Å². The van der Waals surface area contributed by atoms with Crippen molar-refractivity contribution in [3.63, 3.8) is 0 Å². The maximum Gasteiger partial charge on any atom is 0.399 e. The lowest BCUT2D eigenvalue weighted by Crippen LogP contribution is -2.23. The van der Waals surface area contributed by atoms with Crippen molar-refractivity contribution in [1.29, 1.82) is 0 Å². The van der Waals surface area contributed by atoms with E-state index in [-0.39, 0.29) is 18.0 Å². The van der Waals surface area contributed by atoms with Crippen molar-refractivity contribution in [2.45, 2.75) is 33.2 Å². The highest BCUT2D eigenvalue weighted by molar-refractivity contribution is 6.35. The molecule has 0 radical (unpaired) electrons. The van der Waals surface area contributed by atoms with Crippen LogP contribution in [-0.2, 0) is 19.9 Å². The van der Waals surface area contributed by atoms with Crippen LogP contribution in [0.2, 0.25) is 0 Å². The molecule has 0 aliphatic rings. The number of hydrogen-bond donors (Lipinski definition) is 1. The summed E-state index contributed by atoms with van der Waals surface area (Å²) in [7, 11) is 1.61. The Bertz CT molecular complexity index is 1510. The van der Waals surface area contributed by atoms with Crippen LogP contribution < -0.4 is 10.5 Å². The van der Waals surface area contributed by atoms with E-state index < -0.39 is 11.9 Å². The van der Waals surface area contributed by atoms with Gasteiger partial charge in [-0.05, 0) is 57.5 Å². The van der Waals surface area contributed by atoms with E-state index in [9.17, 15) is 9.59 Å². The van der Waals surface area contributed by atoms with Gasteiger partial charge in [-0.15, -0.1) is 0 Å². The van der Waals surface area contributed by atoms with E-state index >= 15 is 0 Å². The first-order valence-electron chi connectivity index (χ1n) is 11.8. The Hall–Kier alpha value is -4.53. The fourth-order valence-corrected chi connectivity index (χ4v) is 4.05. The number of carbonyl (C=O) groups excluding carboxylic acids is 2. The van der Waals surface area contributed by atoms with Gasteiger partial charge in [-0.25, -0.2) is 9.78 Å². The summed E-state index contributed by atoms with van der Waals surface area (Å²) in [5, 5.41) is 0. The molecule has 2 N–H and O–H groups in total. The van der Waals surface area contributed by atoms with E-state index in [0.717, 1.165) is 33.5 Å². The molecule has 0 aliphatic heterocycles. The van der Waals surface area contributed by atoms with Crippen molar-refractivity contribution in [2.24, 2.45) is 10.7 Å². The minimum atomic E-state index is -1.05. The number of esters is 1. The zero-order valence-electron chi connectivity index (χ0n) is 21.5. The number of ether oxygens (including phenoxy) is 2. The van der Waals surface area contributed by atoms with Crippen LogP contribution in [0.5, 0.6) is 5.75 Å². The van der Waals surface area contributed by atoms with Gasteiger partial charge in [-0.3, -0.25) is 9.78 Å². The van der Waals surface area contributed by atoms with Crippen LogP contribution in [0.3, 0.4) is 0 Å². The molecule has 190 valence electrons. The number of nitrogens with zero attached hydrogens (tertiary/aromatic N) is 4. The van der Waals surface area contributed by atoms with Crippen LogP contribution >= 0.6 is 0 Å². The third-order valence-corrected chi connectivity index (χ3v) is 5.70. The molecular weight excluding hydrogens is 470 g/mol. The van der Waals surface area contributed by atoms with Crippen molar-refractivity contribution in [2.75, 3.05) is 13.7 Å². The molecule has 4 aromatic rings. The predicted octanol–water partition coefficient (Wildman–Crippen LogP) is 4.32. The number of methoxy groups -OCH3 is 1. The minimum Gasteiger partial charge on any atom is -0.495 e. The average Bonchev–Trinajstić information content (AvgIpc) is 3.28. The van der Waals surface area contributed by atoms with Crippen molar-refractivity contribution in [3.8, 4) is 28.3 Å². The van der Waals surface area contributed by atoms with Gasteiger partial charge in [-0.1, -0.05) is 24.3 Å². The number of rotatable bonds is 5. The summed E-state index contributed by atoms with van der Waals surface area (Å²) in [4.78, 5) is 36.6. The highest BCUT2D eigenvalue weighted by atomic mass is 16.5. The summed E-state index contributed by atoms with van der Waals surface area (Å²) in [6.07, 6.45) is 3.45. The monoisotopic (exact) mass is 499 g/mol. The molecule has 0 unspecified atom stereocenters. The zero-order valence-corrected chi connectivity index (χ0v) is 21.5. The molecule has 0 aliphatic carbocycles. The van der Waals surface area contributed by atoms with E-state index in [1.54, 1.807) is 38.6 Å². The lowest BCUT2D eigenvalue weighted by atomic mass is 10.0. The SMILES string of the molecule is CCOC(=O)C(=O)N=C(N)c1cccc(-c2nc3cc(-c4cncc(OC)c4)ccc3n2C(C)(C)C)c1. The van der Waals surface area contributed by atoms with E-state index in [2.05, 4.69) is 35.3 Å². The molecule has 0 atom stereocenters. The van der Waals surface area contributed by atoms with Crippen LogP contribution in [0.1, 0.15) is 33.3 Å². The van der Waals surface area contributed by atoms with E-state index in [1.807, 2.05) is 36.4 Å². The van der Waals surface area contributed by atoms with Gasteiger partial charge in [-0.2, -0.15) is 4.99 Å². The minimum absolute atomic E-state index is 0.0777. The fraction of sp³-hybridized carbons (Fsp3) is 0.250. The first kappa shape index (κ1) is 25.6. The molecule has 37 heavy (non-hydrogen) atoms. The predicted molar refractivity (Wildman–Crippen MR) is 142 cm³/mol. The summed E-state index contributed by atoms with van der Waals surface area (Å²) in [6.45, 7) is 8.01. The first-order valence-corrected chi connectivity index (χ1v) is 11.8. The number of imidazole rings is 1. The smallest absolute Gasteiger partial charge is 0.399 e. The van der Waals surface area contributed by atoms with E-state index in [1.165, 1.54) is 0 Å². The summed E-state index contributed by atoms with van der Waals surface area (Å²) < 4.78 is 12.2. The van der Waals surface area contributed by atoms with E-state index in [0.29, 0.717) is 11.3 Å². The number of pyridine rings is 1. The summed E-state index contributed by atoms with van der Waals surface area (Å²) in [5.41, 5.74) is 10.7. The van der Waals surface area contributed by atoms with Crippen molar-refractivity contribution in [3.05, 3.63) is 66.5 Å². The summed E-state index contributed by atoms with van der Waals surface area (Å²) in [5.74, 6) is -0.763. The zero-order chi connectivity index (χ0) is 26.7. The number of hydrogen-bond acceptors (Lipinski definition) is 6. The number of nitrogens with two attached hydrogens (primary N) is 1. The Labute approximate surface area is 215 Å². The third kappa shape index (κ3) is 5.35. The van der Waals surface area contributed by atoms with Crippen molar-refractivity contribution in [1.82, 2.24) is 14.5 Å². The Morgan fingerprint density at radius 2 is 1.81 bits per heavy atom. The normalized spacial score (nSPS) is 12.0. The van der Waals surface area contributed by atoms with Crippen LogP contribution in [0.4, 0.5) is 0 Å². The lowest BCUT2D eigenvalue weighted by molar-refractivity contribution is -0.152. The molecule has 9 heteroatoms. The topological polar surface area (TPSA) is 122 Å². The Morgan fingerprint density at radius 1 is 1.03 bits per heavy atom. The van der Waals surface area contributed by atoms with Gasteiger partial charge >= 0.3 is 11.9 Å². The number of aromatic nitrogens is 3. The molecule has 0 saturated carbocycles. The first-order chi connectivity index (χ1) is 17.6. The van der Waals surface area contributed by atoms with Gasteiger partial charge in [0.15, 0.2) is 0 Å². The highest BCUT2D eigenvalue weighted by Crippen LogP contribution is 2.34. The molecule has 0 spiro atoms. The number of fused-ring (bicyclic) bond motifs is 1. The largest absolute Gasteiger partial charge is 0.495 e. The molecule has 0 bridgehead atoms. The number of amides is 1. The summed E-state index contributed by atoms with van der Waals surface area (Å²) in [6, 6.07) is 15.3. The fourth-order valence-electron chi connectivity index (χ4n) is 4.05. The van der Waals surface area contributed by atoms with Gasteiger partial charge < -0.3 is 19.8 Å². The quantitative estimate of drug-likeness (QED) is 0.188. The van der Waals surface area contributed by atoms with Crippen molar-refractivity contribution < 1.29 is 19.1 Å². The highest BCUT2D eigenvalue weighted by Gasteiger charge is 2.23. The average molecular weight is 500 g/mol. The molecule has 2 aromatic carbocycles. The van der Waals surface area contributed by atoms with Crippen LogP contribution in [-0.4, -0.2) is 46.0 Å². The number of aliphatic imine (C=N–C) groups is 1. The molecular formula is C28H29N5O4. The second-order valence-corrected chi connectivity index (χ2v) is 9.36. The molecule has 4 rings (SSSR count). The van der Waals surface area contributed by atoms with Crippen LogP contribution in [0.25, 0.3) is 33.5 Å². The number of benzene rings is 2. The number of carbonyl (C=O) groups is 2. The third-order valence-electron chi connectivity index (χ3n) is 5.70. The maximum absolute atomic E-state index is 12.0. The van der Waals surface area contributed by atoms with Gasteiger partial charge in [0.05, 0.1) is 30.9 Å². The maximum atomic E-state index is 12.0. The van der Waals surface area contributed by atoms with Gasteiger partial charge in [0.25, 0.3) is 0 Å². The van der Waals surface area contributed by atoms with Gasteiger partial charge in [0, 0.05) is 28.4 Å². The molecule has 0 fully saturated rings. The lowest BCUT2D eigenvalue weighted by Gasteiger charge is -2.25. The Morgan fingerprint density at radius 3 is 2.51 bits per heavy atom. The Balaban J connectivity index is 1.80. The number of amidine groups is 1. The van der Waals surface area contributed by atoms with Crippen molar-refractivity contribution >= 4 is 28.7 Å². The van der Waals surface area contributed by atoms with Crippen LogP contribution in [0.15, 0.2) is 65.9 Å². The summed E-state index contributed by atoms with van der Waals surface area (Å²) >= 11 is 0. The van der Waals surface area contributed by atoms with Gasteiger partial charge in [0.1, 0.15) is 17.4 Å².